The third-order valence-corrected chi connectivity index (χ3v) is 7.11. The van der Waals surface area contributed by atoms with Crippen molar-refractivity contribution < 1.29 is 14.3 Å². The molecule has 37 heavy (non-hydrogen) atoms. The molecular weight excluding hydrogens is 460 g/mol. The van der Waals surface area contributed by atoms with Crippen molar-refractivity contribution in [3.8, 4) is 0 Å². The maximum absolute atomic E-state index is 13.2. The average molecular weight is 493 g/mol. The van der Waals surface area contributed by atoms with Gasteiger partial charge in [0.1, 0.15) is 0 Å². The Morgan fingerprint density at radius 3 is 2.24 bits per heavy atom. The van der Waals surface area contributed by atoms with E-state index >= 15 is 0 Å². The number of nitrogens with one attached hydrogen (secondary N) is 1. The van der Waals surface area contributed by atoms with Crippen LogP contribution in [0.3, 0.4) is 0 Å². The third kappa shape index (κ3) is 6.07. The van der Waals surface area contributed by atoms with Gasteiger partial charge in [-0.3, -0.25) is 9.59 Å². The Labute approximate surface area is 218 Å². The quantitative estimate of drug-likeness (QED) is 0.342. The molecule has 5 rings (SSSR count). The number of ether oxygens (including phenoxy) is 1. The number of carbonyl (C=O) groups excluding carboxylic acids is 2. The van der Waals surface area contributed by atoms with Gasteiger partial charge in [0.05, 0.1) is 13.2 Å². The Morgan fingerprint density at radius 2 is 1.43 bits per heavy atom. The summed E-state index contributed by atoms with van der Waals surface area (Å²) in [6.45, 7) is 2.69. The Hall–Kier alpha value is -3.96. The normalized spacial score (nSPS) is 14.0. The van der Waals surface area contributed by atoms with Crippen molar-refractivity contribution >= 4 is 22.6 Å². The Bertz CT molecular complexity index is 1360. The highest BCUT2D eigenvalue weighted by molar-refractivity contribution is 6.07. The summed E-state index contributed by atoms with van der Waals surface area (Å²) in [4.78, 5) is 28.1. The molecule has 1 N–H and O–H groups in total. The van der Waals surface area contributed by atoms with Crippen molar-refractivity contribution in [3.05, 3.63) is 119 Å². The van der Waals surface area contributed by atoms with Crippen LogP contribution in [0.4, 0.5) is 0 Å². The summed E-state index contributed by atoms with van der Waals surface area (Å²) >= 11 is 0. The number of hydrogen-bond donors (Lipinski definition) is 1. The molecule has 188 valence electrons. The summed E-state index contributed by atoms with van der Waals surface area (Å²) in [6.07, 6.45) is 1.34. The number of carbonyl (C=O) groups is 2. The molecule has 1 aliphatic rings. The fraction of sp³-hybridized carbons (Fsp3) is 0.250. The van der Waals surface area contributed by atoms with Gasteiger partial charge in [0, 0.05) is 31.1 Å². The molecule has 0 saturated carbocycles. The van der Waals surface area contributed by atoms with Crippen LogP contribution in [0.5, 0.6) is 0 Å². The second-order valence-electron chi connectivity index (χ2n) is 9.56. The minimum atomic E-state index is -0.0851. The second kappa shape index (κ2) is 11.8. The van der Waals surface area contributed by atoms with Crippen LogP contribution in [0, 0.1) is 5.92 Å². The van der Waals surface area contributed by atoms with Crippen LogP contribution >= 0.6 is 0 Å². The van der Waals surface area contributed by atoms with Gasteiger partial charge in [0.2, 0.25) is 5.91 Å². The Balaban J connectivity index is 1.12. The van der Waals surface area contributed by atoms with Gasteiger partial charge in [-0.1, -0.05) is 91.0 Å². The van der Waals surface area contributed by atoms with Crippen molar-refractivity contribution in [2.75, 3.05) is 13.1 Å². The molecule has 0 spiro atoms. The van der Waals surface area contributed by atoms with E-state index in [1.54, 1.807) is 0 Å². The number of fused-ring (bicyclic) bond motifs is 1. The van der Waals surface area contributed by atoms with Crippen LogP contribution in [-0.2, 0) is 29.3 Å². The first-order chi connectivity index (χ1) is 18.2. The van der Waals surface area contributed by atoms with Crippen molar-refractivity contribution in [2.45, 2.75) is 32.6 Å². The van der Waals surface area contributed by atoms with Crippen LogP contribution < -0.4 is 5.32 Å². The summed E-state index contributed by atoms with van der Waals surface area (Å²) in [5, 5.41) is 5.16. The lowest BCUT2D eigenvalue weighted by Crippen LogP contribution is -2.43. The highest BCUT2D eigenvalue weighted by Gasteiger charge is 2.28. The number of amides is 2. The lowest BCUT2D eigenvalue weighted by molar-refractivity contribution is -0.126. The van der Waals surface area contributed by atoms with Crippen LogP contribution in [0.25, 0.3) is 10.8 Å². The van der Waals surface area contributed by atoms with E-state index in [-0.39, 0.29) is 17.7 Å². The summed E-state index contributed by atoms with van der Waals surface area (Å²) in [5.41, 5.74) is 4.01. The molecule has 0 bridgehead atoms. The summed E-state index contributed by atoms with van der Waals surface area (Å²) in [5.74, 6) is 0.00964. The zero-order chi connectivity index (χ0) is 25.5. The van der Waals surface area contributed by atoms with Gasteiger partial charge in [-0.2, -0.15) is 0 Å². The molecule has 4 aromatic carbocycles. The van der Waals surface area contributed by atoms with Crippen LogP contribution in [0.15, 0.2) is 97.1 Å². The highest BCUT2D eigenvalue weighted by Crippen LogP contribution is 2.24. The number of benzene rings is 4. The summed E-state index contributed by atoms with van der Waals surface area (Å²) in [7, 11) is 0. The van der Waals surface area contributed by atoms with Gasteiger partial charge >= 0.3 is 0 Å². The molecular formula is C32H32N2O3. The molecule has 1 fully saturated rings. The van der Waals surface area contributed by atoms with Crippen molar-refractivity contribution in [1.29, 1.82) is 0 Å². The van der Waals surface area contributed by atoms with E-state index in [1.165, 1.54) is 0 Å². The molecule has 1 saturated heterocycles. The van der Waals surface area contributed by atoms with E-state index in [0.29, 0.717) is 45.7 Å². The Kier molecular flexibility index (Phi) is 7.92. The maximum atomic E-state index is 13.2. The van der Waals surface area contributed by atoms with E-state index in [1.807, 2.05) is 102 Å². The van der Waals surface area contributed by atoms with Crippen molar-refractivity contribution in [1.82, 2.24) is 10.2 Å². The molecule has 2 amide bonds. The van der Waals surface area contributed by atoms with E-state index in [4.69, 9.17) is 4.74 Å². The molecule has 0 unspecified atom stereocenters. The molecule has 4 aromatic rings. The van der Waals surface area contributed by atoms with Gasteiger partial charge < -0.3 is 15.0 Å². The number of rotatable bonds is 8. The largest absolute Gasteiger partial charge is 0.372 e. The number of likely N-dealkylation sites (tertiary alicyclic amines) is 1. The van der Waals surface area contributed by atoms with Gasteiger partial charge in [0.25, 0.3) is 5.91 Å². The fourth-order valence-corrected chi connectivity index (χ4v) is 4.98. The predicted molar refractivity (Wildman–Crippen MR) is 146 cm³/mol. The monoisotopic (exact) mass is 492 g/mol. The van der Waals surface area contributed by atoms with Crippen molar-refractivity contribution in [2.24, 2.45) is 5.92 Å². The smallest absolute Gasteiger partial charge is 0.254 e. The van der Waals surface area contributed by atoms with Crippen LogP contribution in [0.2, 0.25) is 0 Å². The first-order valence-corrected chi connectivity index (χ1v) is 12.9. The lowest BCUT2D eigenvalue weighted by Gasteiger charge is -2.31. The summed E-state index contributed by atoms with van der Waals surface area (Å²) < 4.78 is 5.92. The number of piperidine rings is 1. The van der Waals surface area contributed by atoms with Crippen LogP contribution in [0.1, 0.15) is 39.9 Å². The fourth-order valence-electron chi connectivity index (χ4n) is 4.98. The first-order valence-electron chi connectivity index (χ1n) is 12.9. The first kappa shape index (κ1) is 24.7. The maximum Gasteiger partial charge on any atom is 0.254 e. The zero-order valence-electron chi connectivity index (χ0n) is 20.9. The van der Waals surface area contributed by atoms with E-state index in [2.05, 4.69) is 5.32 Å². The average Bonchev–Trinajstić information content (AvgIpc) is 2.96. The Morgan fingerprint density at radius 1 is 0.757 bits per heavy atom. The standard InChI is InChI=1S/C32H32N2O3/c35-31(33-21-27-12-4-5-13-28(27)23-37-22-24-9-2-1-3-10-24)26-17-19-34(20-18-26)32(36)30-16-8-14-25-11-6-7-15-29(25)30/h1-16,26H,17-23H2,(H,33,35). The minimum absolute atomic E-state index is 0.0417. The van der Waals surface area contributed by atoms with Crippen molar-refractivity contribution in [3.63, 3.8) is 0 Å². The van der Waals surface area contributed by atoms with Gasteiger partial charge in [0.15, 0.2) is 0 Å². The molecule has 0 radical (unpaired) electrons. The SMILES string of the molecule is O=C(NCc1ccccc1COCc1ccccc1)C1CCN(C(=O)c2cccc3ccccc23)CC1. The minimum Gasteiger partial charge on any atom is -0.372 e. The molecule has 5 heteroatoms. The van der Waals surface area contributed by atoms with Gasteiger partial charge in [-0.05, 0) is 46.4 Å². The highest BCUT2D eigenvalue weighted by atomic mass is 16.5. The van der Waals surface area contributed by atoms with E-state index in [0.717, 1.165) is 33.0 Å². The molecule has 0 aromatic heterocycles. The van der Waals surface area contributed by atoms with Gasteiger partial charge in [-0.25, -0.2) is 0 Å². The zero-order valence-corrected chi connectivity index (χ0v) is 20.9. The second-order valence-corrected chi connectivity index (χ2v) is 9.56. The molecule has 0 atom stereocenters. The molecule has 1 heterocycles. The summed E-state index contributed by atoms with van der Waals surface area (Å²) in [6, 6.07) is 32.0. The predicted octanol–water partition coefficient (Wildman–Crippen LogP) is 5.73. The van der Waals surface area contributed by atoms with Gasteiger partial charge in [-0.15, -0.1) is 0 Å². The topological polar surface area (TPSA) is 58.6 Å². The lowest BCUT2D eigenvalue weighted by atomic mass is 9.94. The third-order valence-electron chi connectivity index (χ3n) is 7.11. The molecule has 0 aliphatic carbocycles. The molecule has 5 nitrogen and oxygen atoms in total. The number of nitrogens with zero attached hydrogens (tertiary/aromatic N) is 1. The number of hydrogen-bond acceptors (Lipinski definition) is 3. The van der Waals surface area contributed by atoms with E-state index < -0.39 is 0 Å². The van der Waals surface area contributed by atoms with Crippen LogP contribution in [-0.4, -0.2) is 29.8 Å². The van der Waals surface area contributed by atoms with E-state index in [9.17, 15) is 9.59 Å². The molecule has 1 aliphatic heterocycles.